The Hall–Kier alpha value is -1.29. The van der Waals surface area contributed by atoms with Crippen molar-refractivity contribution in [1.29, 1.82) is 0 Å². The lowest BCUT2D eigenvalue weighted by Gasteiger charge is -2.10. The maximum atomic E-state index is 12.0. The van der Waals surface area contributed by atoms with Gasteiger partial charge in [-0.15, -0.1) is 0 Å². The summed E-state index contributed by atoms with van der Waals surface area (Å²) in [6.45, 7) is 3.46. The summed E-state index contributed by atoms with van der Waals surface area (Å²) < 4.78 is 0. The fraction of sp³-hybridized carbons (Fsp3) is 0.600. The zero-order valence-electron chi connectivity index (χ0n) is 11.9. The summed E-state index contributed by atoms with van der Waals surface area (Å²) in [6.07, 6.45) is 7.92. The standard InChI is InChI=1S/C15H22ClN3O/c1-2-17-14-13(16)9-12(10-19-14)15(20)18-8-7-11-5-3-4-6-11/h9-11H,2-8H2,1H3,(H,17,19)(H,18,20). The fourth-order valence-electron chi connectivity index (χ4n) is 2.65. The van der Waals surface area contributed by atoms with Crippen molar-refractivity contribution in [2.45, 2.75) is 39.0 Å². The van der Waals surface area contributed by atoms with E-state index in [0.717, 1.165) is 25.4 Å². The number of anilines is 1. The lowest BCUT2D eigenvalue weighted by molar-refractivity contribution is 0.0951. The first-order chi connectivity index (χ1) is 9.70. The molecular weight excluding hydrogens is 274 g/mol. The Morgan fingerprint density at radius 1 is 1.45 bits per heavy atom. The molecule has 4 nitrogen and oxygen atoms in total. The molecule has 0 radical (unpaired) electrons. The minimum atomic E-state index is -0.0968. The highest BCUT2D eigenvalue weighted by Crippen LogP contribution is 2.27. The van der Waals surface area contributed by atoms with Crippen LogP contribution in [0.1, 0.15) is 49.4 Å². The molecule has 2 N–H and O–H groups in total. The van der Waals surface area contributed by atoms with E-state index in [4.69, 9.17) is 11.6 Å². The molecule has 0 aliphatic heterocycles. The molecular formula is C15H22ClN3O. The van der Waals surface area contributed by atoms with Crippen LogP contribution >= 0.6 is 11.6 Å². The highest BCUT2D eigenvalue weighted by atomic mass is 35.5. The van der Waals surface area contributed by atoms with E-state index < -0.39 is 0 Å². The van der Waals surface area contributed by atoms with E-state index in [1.165, 1.54) is 25.7 Å². The van der Waals surface area contributed by atoms with Crippen LogP contribution in [0.15, 0.2) is 12.3 Å². The highest BCUT2D eigenvalue weighted by molar-refractivity contribution is 6.33. The Balaban J connectivity index is 1.83. The Morgan fingerprint density at radius 3 is 2.85 bits per heavy atom. The van der Waals surface area contributed by atoms with Gasteiger partial charge in [0, 0.05) is 19.3 Å². The SMILES string of the molecule is CCNc1ncc(C(=O)NCCC2CCCC2)cc1Cl. The maximum Gasteiger partial charge on any atom is 0.252 e. The van der Waals surface area contributed by atoms with Crippen LogP contribution < -0.4 is 10.6 Å². The number of rotatable bonds is 6. The molecule has 1 heterocycles. The van der Waals surface area contributed by atoms with Crippen molar-refractivity contribution in [2.24, 2.45) is 5.92 Å². The topological polar surface area (TPSA) is 54.0 Å². The van der Waals surface area contributed by atoms with Gasteiger partial charge in [-0.2, -0.15) is 0 Å². The number of aromatic nitrogens is 1. The monoisotopic (exact) mass is 295 g/mol. The van der Waals surface area contributed by atoms with Gasteiger partial charge in [0.2, 0.25) is 0 Å². The van der Waals surface area contributed by atoms with Crippen LogP contribution in [0.25, 0.3) is 0 Å². The molecule has 1 amide bonds. The number of halogens is 1. The second-order valence-corrected chi connectivity index (χ2v) is 5.69. The summed E-state index contributed by atoms with van der Waals surface area (Å²) in [5.41, 5.74) is 0.517. The molecule has 0 aromatic carbocycles. The van der Waals surface area contributed by atoms with Gasteiger partial charge in [-0.25, -0.2) is 4.98 Å². The van der Waals surface area contributed by atoms with Gasteiger partial charge in [-0.1, -0.05) is 37.3 Å². The van der Waals surface area contributed by atoms with Crippen molar-refractivity contribution in [3.8, 4) is 0 Å². The number of carbonyl (C=O) groups is 1. The number of nitrogens with zero attached hydrogens (tertiary/aromatic N) is 1. The van der Waals surface area contributed by atoms with Gasteiger partial charge in [-0.3, -0.25) is 4.79 Å². The largest absolute Gasteiger partial charge is 0.369 e. The summed E-state index contributed by atoms with van der Waals surface area (Å²) in [7, 11) is 0. The van der Waals surface area contributed by atoms with Crippen LogP contribution in [0.5, 0.6) is 0 Å². The first-order valence-electron chi connectivity index (χ1n) is 7.38. The van der Waals surface area contributed by atoms with Crippen molar-refractivity contribution >= 4 is 23.3 Å². The Bertz CT molecular complexity index is 458. The van der Waals surface area contributed by atoms with Crippen molar-refractivity contribution in [3.63, 3.8) is 0 Å². The smallest absolute Gasteiger partial charge is 0.252 e. The van der Waals surface area contributed by atoms with E-state index >= 15 is 0 Å². The molecule has 0 unspecified atom stereocenters. The molecule has 110 valence electrons. The predicted octanol–water partition coefficient (Wildman–Crippen LogP) is 3.48. The number of hydrogen-bond donors (Lipinski definition) is 2. The molecule has 1 aromatic rings. The first kappa shape index (κ1) is 15.1. The molecule has 1 saturated carbocycles. The van der Waals surface area contributed by atoms with Crippen LogP contribution in [0.3, 0.4) is 0 Å². The third-order valence-corrected chi connectivity index (χ3v) is 4.05. The van der Waals surface area contributed by atoms with Crippen LogP contribution in [0.4, 0.5) is 5.82 Å². The van der Waals surface area contributed by atoms with Gasteiger partial charge in [0.1, 0.15) is 5.82 Å². The van der Waals surface area contributed by atoms with E-state index in [0.29, 0.717) is 16.4 Å². The summed E-state index contributed by atoms with van der Waals surface area (Å²) in [5, 5.41) is 6.48. The molecule has 5 heteroatoms. The molecule has 0 atom stereocenters. The molecule has 0 saturated heterocycles. The molecule has 1 aliphatic rings. The number of hydrogen-bond acceptors (Lipinski definition) is 3. The average molecular weight is 296 g/mol. The summed E-state index contributed by atoms with van der Waals surface area (Å²) in [5.74, 6) is 1.31. The van der Waals surface area contributed by atoms with Crippen LogP contribution in [-0.2, 0) is 0 Å². The van der Waals surface area contributed by atoms with Crippen molar-refractivity contribution in [3.05, 3.63) is 22.8 Å². The third-order valence-electron chi connectivity index (χ3n) is 3.76. The summed E-state index contributed by atoms with van der Waals surface area (Å²) >= 11 is 6.08. The van der Waals surface area contributed by atoms with Gasteiger partial charge in [0.15, 0.2) is 0 Å². The third kappa shape index (κ3) is 4.10. The summed E-state index contributed by atoms with van der Waals surface area (Å²) in [6, 6.07) is 1.66. The lowest BCUT2D eigenvalue weighted by atomic mass is 10.0. The normalized spacial score (nSPS) is 15.3. The fourth-order valence-corrected chi connectivity index (χ4v) is 2.88. The van der Waals surface area contributed by atoms with Crippen molar-refractivity contribution in [2.75, 3.05) is 18.4 Å². The first-order valence-corrected chi connectivity index (χ1v) is 7.76. The number of amides is 1. The predicted molar refractivity (Wildman–Crippen MR) is 82.3 cm³/mol. The maximum absolute atomic E-state index is 12.0. The zero-order valence-corrected chi connectivity index (χ0v) is 12.7. The zero-order chi connectivity index (χ0) is 14.4. The number of carbonyl (C=O) groups excluding carboxylic acids is 1. The Labute approximate surface area is 125 Å². The molecule has 2 rings (SSSR count). The van der Waals surface area contributed by atoms with Gasteiger partial charge in [0.25, 0.3) is 5.91 Å². The number of nitrogens with one attached hydrogen (secondary N) is 2. The quantitative estimate of drug-likeness (QED) is 0.845. The summed E-state index contributed by atoms with van der Waals surface area (Å²) in [4.78, 5) is 16.2. The lowest BCUT2D eigenvalue weighted by Crippen LogP contribution is -2.25. The highest BCUT2D eigenvalue weighted by Gasteiger charge is 2.15. The minimum Gasteiger partial charge on any atom is -0.369 e. The van der Waals surface area contributed by atoms with Gasteiger partial charge >= 0.3 is 0 Å². The van der Waals surface area contributed by atoms with E-state index in [9.17, 15) is 4.79 Å². The van der Waals surface area contributed by atoms with Crippen LogP contribution in [-0.4, -0.2) is 24.0 Å². The van der Waals surface area contributed by atoms with E-state index in [1.54, 1.807) is 12.3 Å². The number of pyridine rings is 1. The molecule has 1 aromatic heterocycles. The Morgan fingerprint density at radius 2 is 2.20 bits per heavy atom. The average Bonchev–Trinajstić information content (AvgIpc) is 2.94. The molecule has 1 aliphatic carbocycles. The van der Waals surface area contributed by atoms with Gasteiger partial charge in [0.05, 0.1) is 10.6 Å². The Kier molecular flexibility index (Phi) is 5.65. The van der Waals surface area contributed by atoms with Crippen LogP contribution in [0.2, 0.25) is 5.02 Å². The van der Waals surface area contributed by atoms with Crippen molar-refractivity contribution < 1.29 is 4.79 Å². The minimum absolute atomic E-state index is 0.0968. The van der Waals surface area contributed by atoms with E-state index in [1.807, 2.05) is 6.92 Å². The molecule has 20 heavy (non-hydrogen) atoms. The second-order valence-electron chi connectivity index (χ2n) is 5.28. The van der Waals surface area contributed by atoms with E-state index in [2.05, 4.69) is 15.6 Å². The van der Waals surface area contributed by atoms with Crippen molar-refractivity contribution in [1.82, 2.24) is 10.3 Å². The van der Waals surface area contributed by atoms with E-state index in [-0.39, 0.29) is 5.91 Å². The second kappa shape index (κ2) is 7.48. The van der Waals surface area contributed by atoms with Gasteiger partial charge < -0.3 is 10.6 Å². The van der Waals surface area contributed by atoms with Gasteiger partial charge in [-0.05, 0) is 25.3 Å². The van der Waals surface area contributed by atoms with Crippen LogP contribution in [0, 0.1) is 5.92 Å². The molecule has 0 bridgehead atoms. The molecule has 1 fully saturated rings. The molecule has 0 spiro atoms.